The Kier molecular flexibility index (Phi) is 7.02. The first-order chi connectivity index (χ1) is 16.6. The highest BCUT2D eigenvalue weighted by Crippen LogP contribution is 2.38. The number of hydrogen-bond acceptors (Lipinski definition) is 4. The van der Waals surface area contributed by atoms with Gasteiger partial charge in [0.1, 0.15) is 5.75 Å². The molecule has 5 nitrogen and oxygen atoms in total. The summed E-state index contributed by atoms with van der Waals surface area (Å²) >= 11 is 0. The summed E-state index contributed by atoms with van der Waals surface area (Å²) in [6.07, 6.45) is 10.3. The van der Waals surface area contributed by atoms with Crippen molar-refractivity contribution in [3.8, 4) is 5.75 Å². The Bertz CT molecular complexity index is 985. The van der Waals surface area contributed by atoms with Crippen molar-refractivity contribution in [2.45, 2.75) is 69.1 Å². The Morgan fingerprint density at radius 1 is 1.00 bits per heavy atom. The highest BCUT2D eigenvalue weighted by molar-refractivity contribution is 5.94. The average molecular weight is 460 g/mol. The topological polar surface area (TPSA) is 55.8 Å². The van der Waals surface area contributed by atoms with Gasteiger partial charge in [0.25, 0.3) is 5.91 Å². The zero-order chi connectivity index (χ0) is 23.5. The number of phenols is 1. The van der Waals surface area contributed by atoms with Crippen LogP contribution in [-0.4, -0.2) is 58.6 Å². The van der Waals surface area contributed by atoms with Gasteiger partial charge < -0.3 is 10.4 Å². The maximum atomic E-state index is 12.8. The fourth-order valence-corrected chi connectivity index (χ4v) is 6.32. The third-order valence-corrected chi connectivity index (χ3v) is 7.98. The van der Waals surface area contributed by atoms with E-state index in [1.807, 2.05) is 30.3 Å². The number of likely N-dealkylation sites (tertiary alicyclic amines) is 1. The summed E-state index contributed by atoms with van der Waals surface area (Å²) in [4.78, 5) is 18.0. The van der Waals surface area contributed by atoms with Crippen LogP contribution in [0.4, 0.5) is 0 Å². The van der Waals surface area contributed by atoms with Gasteiger partial charge in [0, 0.05) is 43.3 Å². The number of rotatable bonds is 7. The number of amides is 1. The maximum absolute atomic E-state index is 12.8. The van der Waals surface area contributed by atoms with E-state index in [9.17, 15) is 9.90 Å². The smallest absolute Gasteiger partial charge is 0.251 e. The monoisotopic (exact) mass is 459 g/mol. The molecule has 0 spiro atoms. The van der Waals surface area contributed by atoms with Gasteiger partial charge in [-0.2, -0.15) is 0 Å². The number of phenolic OH excluding ortho intramolecular Hbond substituents is 1. The van der Waals surface area contributed by atoms with Crippen LogP contribution in [0.25, 0.3) is 0 Å². The van der Waals surface area contributed by atoms with Crippen molar-refractivity contribution in [3.63, 3.8) is 0 Å². The second kappa shape index (κ2) is 10.3. The van der Waals surface area contributed by atoms with Crippen molar-refractivity contribution in [2.24, 2.45) is 0 Å². The van der Waals surface area contributed by atoms with Gasteiger partial charge in [-0.25, -0.2) is 0 Å². The Balaban J connectivity index is 1.38. The number of carbonyl (C=O) groups is 1. The molecule has 3 atom stereocenters. The zero-order valence-electron chi connectivity index (χ0n) is 20.0. The predicted octanol–water partition coefficient (Wildman–Crippen LogP) is 4.88. The van der Waals surface area contributed by atoms with E-state index in [0.717, 1.165) is 49.2 Å². The van der Waals surface area contributed by atoms with Crippen molar-refractivity contribution >= 4 is 5.91 Å². The van der Waals surface area contributed by atoms with Gasteiger partial charge in [0.15, 0.2) is 0 Å². The molecule has 3 unspecified atom stereocenters. The minimum atomic E-state index is 0.0310. The lowest BCUT2D eigenvalue weighted by molar-refractivity contribution is 0.0582. The van der Waals surface area contributed by atoms with Crippen LogP contribution in [0, 0.1) is 0 Å². The molecular weight excluding hydrogens is 422 g/mol. The number of benzene rings is 2. The van der Waals surface area contributed by atoms with Gasteiger partial charge in [-0.3, -0.25) is 14.6 Å². The van der Waals surface area contributed by atoms with Crippen LogP contribution in [0.15, 0.2) is 61.2 Å². The van der Waals surface area contributed by atoms with Crippen molar-refractivity contribution < 1.29 is 9.90 Å². The largest absolute Gasteiger partial charge is 0.508 e. The molecule has 180 valence electrons. The van der Waals surface area contributed by atoms with Crippen LogP contribution in [0.5, 0.6) is 5.75 Å². The number of carbonyl (C=O) groups excluding carboxylic acids is 1. The van der Waals surface area contributed by atoms with E-state index in [1.54, 1.807) is 6.07 Å². The molecule has 2 aromatic rings. The van der Waals surface area contributed by atoms with Gasteiger partial charge in [0.05, 0.1) is 6.04 Å². The molecule has 2 aliphatic heterocycles. The first-order valence-corrected chi connectivity index (χ1v) is 12.9. The first-order valence-electron chi connectivity index (χ1n) is 12.9. The fraction of sp³-hybridized carbons (Fsp3) is 0.483. The van der Waals surface area contributed by atoms with Crippen LogP contribution < -0.4 is 5.32 Å². The number of hydrogen-bond donors (Lipinski definition) is 2. The lowest BCUT2D eigenvalue weighted by Crippen LogP contribution is -2.54. The molecule has 1 aliphatic carbocycles. The van der Waals surface area contributed by atoms with E-state index in [-0.39, 0.29) is 11.9 Å². The molecule has 2 N–H and O–H groups in total. The lowest BCUT2D eigenvalue weighted by atomic mass is 9.93. The van der Waals surface area contributed by atoms with Crippen LogP contribution in [0.1, 0.15) is 72.5 Å². The molecule has 5 heteroatoms. The second-order valence-electron chi connectivity index (χ2n) is 10.3. The van der Waals surface area contributed by atoms with E-state index in [4.69, 9.17) is 0 Å². The third kappa shape index (κ3) is 4.91. The number of aromatic hydroxyl groups is 1. The fourth-order valence-electron chi connectivity index (χ4n) is 6.32. The normalized spacial score (nSPS) is 24.6. The van der Waals surface area contributed by atoms with Crippen LogP contribution in [0.2, 0.25) is 0 Å². The van der Waals surface area contributed by atoms with E-state index < -0.39 is 0 Å². The number of fused-ring (bicyclic) bond motifs is 2. The molecule has 3 aliphatic rings. The summed E-state index contributed by atoms with van der Waals surface area (Å²) in [5.41, 5.74) is 2.98. The Hall–Kier alpha value is -2.63. The number of nitrogens with one attached hydrogen (secondary N) is 1. The SMILES string of the molecule is C=CCN1C2CCC1CN(C(c1ccc(C(=O)NC3CCCCC3)cc1)c1cccc(O)c1)C2. The molecular formula is C29H37N3O2. The molecule has 2 aromatic carbocycles. The van der Waals surface area contributed by atoms with Crippen molar-refractivity contribution in [2.75, 3.05) is 19.6 Å². The summed E-state index contributed by atoms with van der Waals surface area (Å²) in [5.74, 6) is 0.322. The van der Waals surface area contributed by atoms with Gasteiger partial charge in [-0.1, -0.05) is 49.6 Å². The molecule has 3 fully saturated rings. The highest BCUT2D eigenvalue weighted by atomic mass is 16.3. The Morgan fingerprint density at radius 2 is 1.71 bits per heavy atom. The summed E-state index contributed by atoms with van der Waals surface area (Å²) < 4.78 is 0. The predicted molar refractivity (Wildman–Crippen MR) is 136 cm³/mol. The first kappa shape index (κ1) is 23.1. The molecule has 2 saturated heterocycles. The van der Waals surface area contributed by atoms with Crippen LogP contribution >= 0.6 is 0 Å². The van der Waals surface area contributed by atoms with Gasteiger partial charge >= 0.3 is 0 Å². The van der Waals surface area contributed by atoms with Crippen molar-refractivity contribution in [3.05, 3.63) is 77.9 Å². The van der Waals surface area contributed by atoms with Crippen molar-refractivity contribution in [1.82, 2.24) is 15.1 Å². The molecule has 0 aromatic heterocycles. The Labute approximate surface area is 203 Å². The van der Waals surface area contributed by atoms with E-state index in [0.29, 0.717) is 23.9 Å². The molecule has 2 heterocycles. The third-order valence-electron chi connectivity index (χ3n) is 7.98. The molecule has 1 amide bonds. The summed E-state index contributed by atoms with van der Waals surface area (Å²) in [6.45, 7) is 6.89. The van der Waals surface area contributed by atoms with Crippen LogP contribution in [0.3, 0.4) is 0 Å². The van der Waals surface area contributed by atoms with Gasteiger partial charge in [-0.15, -0.1) is 6.58 Å². The molecule has 1 saturated carbocycles. The summed E-state index contributed by atoms with van der Waals surface area (Å²) in [5, 5.41) is 13.4. The van der Waals surface area contributed by atoms with Gasteiger partial charge in [0.2, 0.25) is 0 Å². The quantitative estimate of drug-likeness (QED) is 0.580. The second-order valence-corrected chi connectivity index (χ2v) is 10.3. The standard InChI is InChI=1S/C29H37N3O2/c1-2-17-32-25-15-16-26(32)20-31(19-25)28(23-7-6-10-27(33)18-23)21-11-13-22(14-12-21)29(34)30-24-8-4-3-5-9-24/h2,6-7,10-14,18,24-26,28,33H,1,3-5,8-9,15-17,19-20H2,(H,30,34). The molecule has 5 rings (SSSR count). The molecule has 34 heavy (non-hydrogen) atoms. The number of nitrogens with zero attached hydrogens (tertiary/aromatic N) is 2. The van der Waals surface area contributed by atoms with E-state index in [2.05, 4.69) is 39.9 Å². The highest BCUT2D eigenvalue weighted by Gasteiger charge is 2.41. The van der Waals surface area contributed by atoms with Crippen LogP contribution in [-0.2, 0) is 0 Å². The van der Waals surface area contributed by atoms with Crippen molar-refractivity contribution in [1.29, 1.82) is 0 Å². The minimum absolute atomic E-state index is 0.0310. The average Bonchev–Trinajstić information content (AvgIpc) is 3.08. The van der Waals surface area contributed by atoms with E-state index in [1.165, 1.54) is 32.1 Å². The summed E-state index contributed by atoms with van der Waals surface area (Å²) in [7, 11) is 0. The molecule has 2 bridgehead atoms. The lowest BCUT2D eigenvalue weighted by Gasteiger charge is -2.44. The maximum Gasteiger partial charge on any atom is 0.251 e. The Morgan fingerprint density at radius 3 is 2.35 bits per heavy atom. The van der Waals surface area contributed by atoms with E-state index >= 15 is 0 Å². The zero-order valence-corrected chi connectivity index (χ0v) is 20.0. The van der Waals surface area contributed by atoms with Gasteiger partial charge in [-0.05, 0) is 61.1 Å². The minimum Gasteiger partial charge on any atom is -0.508 e. The summed E-state index contributed by atoms with van der Waals surface area (Å²) in [6, 6.07) is 17.2. The molecule has 0 radical (unpaired) electrons. The number of piperazine rings is 1.